The van der Waals surface area contributed by atoms with Crippen molar-refractivity contribution in [3.05, 3.63) is 35.9 Å². The average molecular weight is 248 g/mol. The minimum atomic E-state index is -1.02. The van der Waals surface area contributed by atoms with E-state index in [2.05, 4.69) is 13.8 Å². The van der Waals surface area contributed by atoms with Crippen LogP contribution in [-0.2, 0) is 10.8 Å². The van der Waals surface area contributed by atoms with Gasteiger partial charge in [0.1, 0.15) is 5.75 Å². The lowest BCUT2D eigenvalue weighted by atomic mass is 9.95. The molecular weight excluding hydrogens is 232 g/mol. The molecule has 0 fully saturated rings. The second-order valence-electron chi connectivity index (χ2n) is 4.50. The molecule has 0 aliphatic heterocycles. The molecule has 0 radical (unpaired) electrons. The van der Waals surface area contributed by atoms with E-state index in [1.165, 1.54) is 0 Å². The quantitative estimate of drug-likeness (QED) is 0.884. The van der Waals surface area contributed by atoms with Gasteiger partial charge in [0.15, 0.2) is 0 Å². The summed E-state index contributed by atoms with van der Waals surface area (Å²) < 4.78 is 11.8. The summed E-state index contributed by atoms with van der Waals surface area (Å²) in [7, 11) is -1.02. The minimum absolute atomic E-state index is 0.264. The highest BCUT2D eigenvalue weighted by atomic mass is 32.2. The number of hydrogen-bond donors (Lipinski definition) is 1. The Morgan fingerprint density at radius 3 is 2.53 bits per heavy atom. The molecule has 3 heteroatoms. The standard InChI is InChI=1S/C14H16O2S/c1-9(2)12-8-11(15)7-10-5-4-6-13(14(10)12)17(3)16/h4-9,15H,1-3H3. The van der Waals surface area contributed by atoms with Gasteiger partial charge in [0.05, 0.1) is 10.8 Å². The summed E-state index contributed by atoms with van der Waals surface area (Å²) in [6, 6.07) is 9.20. The summed E-state index contributed by atoms with van der Waals surface area (Å²) in [5.41, 5.74) is 1.05. The van der Waals surface area contributed by atoms with Gasteiger partial charge in [-0.15, -0.1) is 0 Å². The normalized spacial score (nSPS) is 13.2. The van der Waals surface area contributed by atoms with Crippen molar-refractivity contribution < 1.29 is 9.32 Å². The zero-order valence-corrected chi connectivity index (χ0v) is 11.0. The molecule has 0 saturated carbocycles. The summed E-state index contributed by atoms with van der Waals surface area (Å²) in [4.78, 5) is 0.839. The molecule has 1 N–H and O–H groups in total. The second-order valence-corrected chi connectivity index (χ2v) is 5.85. The fraction of sp³-hybridized carbons (Fsp3) is 0.286. The largest absolute Gasteiger partial charge is 0.508 e. The Morgan fingerprint density at radius 1 is 1.24 bits per heavy atom. The van der Waals surface area contributed by atoms with Gasteiger partial charge in [-0.1, -0.05) is 26.0 Å². The van der Waals surface area contributed by atoms with Gasteiger partial charge in [-0.2, -0.15) is 0 Å². The third-order valence-corrected chi connectivity index (χ3v) is 3.85. The number of hydrogen-bond acceptors (Lipinski definition) is 2. The van der Waals surface area contributed by atoms with Crippen LogP contribution in [0.5, 0.6) is 5.75 Å². The molecule has 2 aromatic rings. The van der Waals surface area contributed by atoms with Crippen LogP contribution in [0.1, 0.15) is 25.3 Å². The number of fused-ring (bicyclic) bond motifs is 1. The predicted octanol–water partition coefficient (Wildman–Crippen LogP) is 3.41. The lowest BCUT2D eigenvalue weighted by Crippen LogP contribution is -1.96. The monoisotopic (exact) mass is 248 g/mol. The molecule has 0 aliphatic rings. The van der Waals surface area contributed by atoms with Gasteiger partial charge in [-0.05, 0) is 35.1 Å². The van der Waals surface area contributed by atoms with E-state index in [1.54, 1.807) is 18.4 Å². The zero-order chi connectivity index (χ0) is 12.6. The number of aromatic hydroxyl groups is 1. The molecule has 1 unspecified atom stereocenters. The van der Waals surface area contributed by atoms with Crippen LogP contribution >= 0.6 is 0 Å². The first-order valence-electron chi connectivity index (χ1n) is 5.59. The van der Waals surface area contributed by atoms with Crippen molar-refractivity contribution in [3.8, 4) is 5.75 Å². The van der Waals surface area contributed by atoms with E-state index in [4.69, 9.17) is 0 Å². The maximum absolute atomic E-state index is 11.8. The Hall–Kier alpha value is -1.35. The molecule has 17 heavy (non-hydrogen) atoms. The summed E-state index contributed by atoms with van der Waals surface area (Å²) in [6.07, 6.45) is 1.69. The van der Waals surface area contributed by atoms with Crippen molar-refractivity contribution >= 4 is 21.6 Å². The Balaban J connectivity index is 2.91. The average Bonchev–Trinajstić information content (AvgIpc) is 2.26. The predicted molar refractivity (Wildman–Crippen MR) is 72.0 cm³/mol. The van der Waals surface area contributed by atoms with Crippen molar-refractivity contribution in [2.45, 2.75) is 24.7 Å². The lowest BCUT2D eigenvalue weighted by Gasteiger charge is -2.13. The topological polar surface area (TPSA) is 37.3 Å². The molecule has 0 aliphatic carbocycles. The van der Waals surface area contributed by atoms with Gasteiger partial charge < -0.3 is 5.11 Å². The molecule has 0 amide bonds. The smallest absolute Gasteiger partial charge is 0.116 e. The third kappa shape index (κ3) is 2.20. The second kappa shape index (κ2) is 4.49. The van der Waals surface area contributed by atoms with Gasteiger partial charge in [-0.3, -0.25) is 4.21 Å². The van der Waals surface area contributed by atoms with Crippen molar-refractivity contribution in [1.82, 2.24) is 0 Å². The van der Waals surface area contributed by atoms with E-state index in [9.17, 15) is 9.32 Å². The van der Waals surface area contributed by atoms with Crippen LogP contribution < -0.4 is 0 Å². The molecule has 1 atom stereocenters. The van der Waals surface area contributed by atoms with E-state index in [0.29, 0.717) is 0 Å². The van der Waals surface area contributed by atoms with Crippen molar-refractivity contribution in [2.24, 2.45) is 0 Å². The van der Waals surface area contributed by atoms with Crippen LogP contribution in [0.15, 0.2) is 35.2 Å². The van der Waals surface area contributed by atoms with Crippen LogP contribution in [0.25, 0.3) is 10.8 Å². The van der Waals surface area contributed by atoms with Gasteiger partial charge >= 0.3 is 0 Å². The van der Waals surface area contributed by atoms with E-state index >= 15 is 0 Å². The van der Waals surface area contributed by atoms with Crippen LogP contribution in [0, 0.1) is 0 Å². The van der Waals surface area contributed by atoms with Gasteiger partial charge in [0.25, 0.3) is 0 Å². The highest BCUT2D eigenvalue weighted by molar-refractivity contribution is 7.84. The first-order valence-corrected chi connectivity index (χ1v) is 7.15. The van der Waals surface area contributed by atoms with E-state index in [1.807, 2.05) is 18.2 Å². The molecule has 0 heterocycles. The van der Waals surface area contributed by atoms with Crippen LogP contribution in [0.4, 0.5) is 0 Å². The van der Waals surface area contributed by atoms with E-state index < -0.39 is 10.8 Å². The maximum atomic E-state index is 11.8. The Bertz CT molecular complexity index is 588. The SMILES string of the molecule is CC(C)c1cc(O)cc2cccc(S(C)=O)c12. The molecule has 0 spiro atoms. The minimum Gasteiger partial charge on any atom is -0.508 e. The molecule has 2 aromatic carbocycles. The summed E-state index contributed by atoms with van der Waals surface area (Å²) >= 11 is 0. The highest BCUT2D eigenvalue weighted by Crippen LogP contribution is 2.33. The Kier molecular flexibility index (Phi) is 3.20. The first kappa shape index (κ1) is 12.1. The summed E-state index contributed by atoms with van der Waals surface area (Å²) in [5.74, 6) is 0.550. The molecule has 2 nitrogen and oxygen atoms in total. The van der Waals surface area contributed by atoms with Crippen molar-refractivity contribution in [3.63, 3.8) is 0 Å². The first-order chi connectivity index (χ1) is 8.00. The maximum Gasteiger partial charge on any atom is 0.116 e. The number of rotatable bonds is 2. The van der Waals surface area contributed by atoms with Gasteiger partial charge in [-0.25, -0.2) is 0 Å². The fourth-order valence-electron chi connectivity index (χ4n) is 2.10. The van der Waals surface area contributed by atoms with Gasteiger partial charge in [0.2, 0.25) is 0 Å². The number of phenols is 1. The van der Waals surface area contributed by atoms with E-state index in [0.717, 1.165) is 21.2 Å². The summed E-state index contributed by atoms with van der Waals surface area (Å²) in [5, 5.41) is 11.7. The number of benzene rings is 2. The molecule has 0 aromatic heterocycles. The fourth-order valence-corrected chi connectivity index (χ4v) is 2.90. The van der Waals surface area contributed by atoms with Crippen LogP contribution in [-0.4, -0.2) is 15.6 Å². The molecule has 0 bridgehead atoms. The lowest BCUT2D eigenvalue weighted by molar-refractivity contribution is 0.475. The van der Waals surface area contributed by atoms with Crippen molar-refractivity contribution in [2.75, 3.05) is 6.26 Å². The molecule has 0 saturated heterocycles. The zero-order valence-electron chi connectivity index (χ0n) is 10.2. The number of phenolic OH excluding ortho intramolecular Hbond substituents is 1. The van der Waals surface area contributed by atoms with Crippen LogP contribution in [0.3, 0.4) is 0 Å². The molecule has 2 rings (SSSR count). The van der Waals surface area contributed by atoms with Gasteiger partial charge in [0, 0.05) is 16.5 Å². The van der Waals surface area contributed by atoms with Crippen molar-refractivity contribution in [1.29, 1.82) is 0 Å². The van der Waals surface area contributed by atoms with E-state index in [-0.39, 0.29) is 11.7 Å². The molecule has 90 valence electrons. The molecular formula is C14H16O2S. The summed E-state index contributed by atoms with van der Waals surface area (Å²) in [6.45, 7) is 4.15. The third-order valence-electron chi connectivity index (χ3n) is 2.89. The van der Waals surface area contributed by atoms with Crippen LogP contribution in [0.2, 0.25) is 0 Å². The Labute approximate surface area is 104 Å². The Morgan fingerprint density at radius 2 is 1.94 bits per heavy atom. The highest BCUT2D eigenvalue weighted by Gasteiger charge is 2.12.